The van der Waals surface area contributed by atoms with E-state index in [0.29, 0.717) is 26.8 Å². The molecule has 6 nitrogen and oxygen atoms in total. The van der Waals surface area contributed by atoms with Crippen LogP contribution in [0.4, 0.5) is 10.7 Å². The molecule has 2 N–H and O–H groups in total. The zero-order valence-corrected chi connectivity index (χ0v) is 22.3. The van der Waals surface area contributed by atoms with Crippen molar-refractivity contribution in [3.8, 4) is 0 Å². The van der Waals surface area contributed by atoms with Crippen molar-refractivity contribution in [2.24, 2.45) is 0 Å². The Morgan fingerprint density at radius 2 is 1.83 bits per heavy atom. The summed E-state index contributed by atoms with van der Waals surface area (Å²) in [6.07, 6.45) is 5.01. The van der Waals surface area contributed by atoms with Gasteiger partial charge in [-0.05, 0) is 74.6 Å². The molecule has 0 spiro atoms. The van der Waals surface area contributed by atoms with Gasteiger partial charge in [-0.2, -0.15) is 0 Å². The summed E-state index contributed by atoms with van der Waals surface area (Å²) in [5.74, 6) is -0.670. The number of halogens is 1. The molecule has 1 aliphatic rings. The number of fused-ring (bicyclic) bond motifs is 1. The van der Waals surface area contributed by atoms with Crippen LogP contribution >= 0.6 is 34.7 Å². The Kier molecular flexibility index (Phi) is 9.07. The number of thioether (sulfide) groups is 1. The molecule has 3 aromatic rings. The van der Waals surface area contributed by atoms with Crippen molar-refractivity contribution < 1.29 is 19.1 Å². The molecule has 0 aliphatic heterocycles. The molecule has 36 heavy (non-hydrogen) atoms. The number of rotatable bonds is 8. The minimum Gasteiger partial charge on any atom is -0.462 e. The maximum atomic E-state index is 12.8. The molecule has 0 atom stereocenters. The molecule has 0 bridgehead atoms. The second-order valence-electron chi connectivity index (χ2n) is 8.32. The lowest BCUT2D eigenvalue weighted by atomic mass is 10.1. The number of aryl methyl sites for hydroxylation is 1. The third-order valence-corrected chi connectivity index (χ3v) is 8.14. The summed E-state index contributed by atoms with van der Waals surface area (Å²) in [4.78, 5) is 40.0. The van der Waals surface area contributed by atoms with Gasteiger partial charge >= 0.3 is 5.97 Å². The van der Waals surface area contributed by atoms with Crippen LogP contribution in [0, 0.1) is 0 Å². The Morgan fingerprint density at radius 1 is 1.03 bits per heavy atom. The van der Waals surface area contributed by atoms with Crippen molar-refractivity contribution in [2.75, 3.05) is 23.0 Å². The van der Waals surface area contributed by atoms with Gasteiger partial charge in [0.1, 0.15) is 5.00 Å². The van der Waals surface area contributed by atoms with Crippen LogP contribution in [-0.4, -0.2) is 30.1 Å². The summed E-state index contributed by atoms with van der Waals surface area (Å²) in [6, 6.07) is 14.0. The van der Waals surface area contributed by atoms with Crippen LogP contribution in [0.2, 0.25) is 5.02 Å². The van der Waals surface area contributed by atoms with E-state index in [0.717, 1.165) is 42.6 Å². The molecule has 2 aromatic carbocycles. The molecule has 0 saturated carbocycles. The number of amides is 2. The predicted molar refractivity (Wildman–Crippen MR) is 147 cm³/mol. The summed E-state index contributed by atoms with van der Waals surface area (Å²) in [5, 5.41) is 6.87. The molecular weight excluding hydrogens is 516 g/mol. The highest BCUT2D eigenvalue weighted by Gasteiger charge is 2.26. The van der Waals surface area contributed by atoms with Gasteiger partial charge in [0.2, 0.25) is 5.91 Å². The van der Waals surface area contributed by atoms with Crippen molar-refractivity contribution in [1.82, 2.24) is 0 Å². The summed E-state index contributed by atoms with van der Waals surface area (Å²) in [6.45, 7) is 2.07. The van der Waals surface area contributed by atoms with Gasteiger partial charge in [0.15, 0.2) is 0 Å². The van der Waals surface area contributed by atoms with Crippen LogP contribution in [0.15, 0.2) is 53.4 Å². The van der Waals surface area contributed by atoms with Gasteiger partial charge in [0.05, 0.1) is 17.9 Å². The second-order valence-corrected chi connectivity index (χ2v) is 10.9. The van der Waals surface area contributed by atoms with Gasteiger partial charge in [0.25, 0.3) is 5.91 Å². The third-order valence-electron chi connectivity index (χ3n) is 5.70. The smallest absolute Gasteiger partial charge is 0.341 e. The number of hydrogen-bond donors (Lipinski definition) is 2. The van der Waals surface area contributed by atoms with E-state index < -0.39 is 0 Å². The summed E-state index contributed by atoms with van der Waals surface area (Å²) in [5.41, 5.74) is 2.63. The fraction of sp³-hybridized carbons (Fsp3) is 0.296. The second kappa shape index (κ2) is 12.4. The number of nitrogens with one attached hydrogen (secondary N) is 2. The Bertz CT molecular complexity index is 1270. The molecule has 0 saturated heterocycles. The van der Waals surface area contributed by atoms with E-state index in [4.69, 9.17) is 16.3 Å². The minimum atomic E-state index is -0.372. The molecule has 0 unspecified atom stereocenters. The number of benzene rings is 2. The quantitative estimate of drug-likeness (QED) is 0.185. The average Bonchev–Trinajstić information content (AvgIpc) is 3.03. The van der Waals surface area contributed by atoms with E-state index in [2.05, 4.69) is 10.6 Å². The Labute approximate surface area is 223 Å². The van der Waals surface area contributed by atoms with Crippen molar-refractivity contribution >= 4 is 63.2 Å². The maximum absolute atomic E-state index is 12.8. The van der Waals surface area contributed by atoms with E-state index >= 15 is 0 Å². The first-order valence-corrected chi connectivity index (χ1v) is 14.0. The lowest BCUT2D eigenvalue weighted by Gasteiger charge is -2.09. The number of ether oxygens (including phenoxy) is 1. The van der Waals surface area contributed by atoms with E-state index in [1.165, 1.54) is 28.0 Å². The molecule has 0 radical (unpaired) electrons. The van der Waals surface area contributed by atoms with E-state index in [1.54, 1.807) is 37.3 Å². The van der Waals surface area contributed by atoms with Crippen molar-refractivity contribution in [2.45, 2.75) is 43.9 Å². The fourth-order valence-electron chi connectivity index (χ4n) is 4.06. The van der Waals surface area contributed by atoms with Gasteiger partial charge in [-0.1, -0.05) is 30.2 Å². The van der Waals surface area contributed by atoms with Crippen LogP contribution in [0.1, 0.15) is 57.3 Å². The van der Waals surface area contributed by atoms with Crippen LogP contribution in [0.3, 0.4) is 0 Å². The van der Waals surface area contributed by atoms with Crippen LogP contribution in [0.5, 0.6) is 0 Å². The molecule has 1 aromatic heterocycles. The number of esters is 1. The summed E-state index contributed by atoms with van der Waals surface area (Å²) >= 11 is 8.82. The monoisotopic (exact) mass is 542 g/mol. The molecule has 2 amide bonds. The number of thiophene rings is 1. The van der Waals surface area contributed by atoms with Crippen molar-refractivity contribution in [3.05, 3.63) is 75.1 Å². The number of carbonyl (C=O) groups is 3. The zero-order valence-electron chi connectivity index (χ0n) is 19.9. The van der Waals surface area contributed by atoms with Crippen LogP contribution in [0.25, 0.3) is 0 Å². The standard InChI is InChI=1S/C27H27ClN2O4S2/c1-2-34-27(33)24-21-12-4-3-5-13-22(21)36-26(24)30-23(31)16-35-20-11-7-10-19(15-20)29-25(32)17-8-6-9-18(28)14-17/h6-11,14-15H,2-5,12-13,16H2,1H3,(H,29,32)(H,30,31). The summed E-state index contributed by atoms with van der Waals surface area (Å²) in [7, 11) is 0. The molecule has 188 valence electrons. The number of anilines is 2. The van der Waals surface area contributed by atoms with E-state index in [1.807, 2.05) is 18.2 Å². The molecule has 0 fully saturated rings. The number of hydrogen-bond acceptors (Lipinski definition) is 6. The summed E-state index contributed by atoms with van der Waals surface area (Å²) < 4.78 is 5.30. The molecule has 1 aliphatic carbocycles. The number of carbonyl (C=O) groups excluding carboxylic acids is 3. The molecule has 4 rings (SSSR count). The highest BCUT2D eigenvalue weighted by Crippen LogP contribution is 2.38. The van der Waals surface area contributed by atoms with Gasteiger partial charge in [0, 0.05) is 26.0 Å². The first kappa shape index (κ1) is 26.3. The van der Waals surface area contributed by atoms with Gasteiger partial charge in [-0.15, -0.1) is 23.1 Å². The van der Waals surface area contributed by atoms with Crippen LogP contribution in [-0.2, 0) is 22.4 Å². The molecule has 1 heterocycles. The highest BCUT2D eigenvalue weighted by molar-refractivity contribution is 8.00. The topological polar surface area (TPSA) is 84.5 Å². The third kappa shape index (κ3) is 6.69. The normalized spacial score (nSPS) is 12.8. The van der Waals surface area contributed by atoms with Gasteiger partial charge in [-0.3, -0.25) is 9.59 Å². The Hall–Kier alpha value is -2.81. The van der Waals surface area contributed by atoms with Crippen LogP contribution < -0.4 is 10.6 Å². The Balaban J connectivity index is 1.40. The first-order valence-electron chi connectivity index (χ1n) is 11.9. The molecule has 9 heteroatoms. The van der Waals surface area contributed by atoms with E-state index in [-0.39, 0.29) is 30.1 Å². The van der Waals surface area contributed by atoms with Crippen molar-refractivity contribution in [1.29, 1.82) is 0 Å². The SMILES string of the molecule is CCOC(=O)c1c(NC(=O)CSc2cccc(NC(=O)c3cccc(Cl)c3)c2)sc2c1CCCCC2. The predicted octanol–water partition coefficient (Wildman–Crippen LogP) is 6.83. The fourth-order valence-corrected chi connectivity index (χ4v) is 6.30. The molecular formula is C27H27ClN2O4S2. The van der Waals surface area contributed by atoms with E-state index in [9.17, 15) is 14.4 Å². The zero-order chi connectivity index (χ0) is 25.5. The van der Waals surface area contributed by atoms with Gasteiger partial charge in [-0.25, -0.2) is 4.79 Å². The lowest BCUT2D eigenvalue weighted by molar-refractivity contribution is -0.113. The largest absolute Gasteiger partial charge is 0.462 e. The Morgan fingerprint density at radius 3 is 2.64 bits per heavy atom. The lowest BCUT2D eigenvalue weighted by Crippen LogP contribution is -2.17. The van der Waals surface area contributed by atoms with Crippen molar-refractivity contribution in [3.63, 3.8) is 0 Å². The minimum absolute atomic E-state index is 0.163. The van der Waals surface area contributed by atoms with Gasteiger partial charge < -0.3 is 15.4 Å². The first-order chi connectivity index (χ1) is 17.4. The highest BCUT2D eigenvalue weighted by atomic mass is 35.5. The average molecular weight is 543 g/mol. The maximum Gasteiger partial charge on any atom is 0.341 e.